The van der Waals surface area contributed by atoms with Gasteiger partial charge in [-0.05, 0) is 18.2 Å². The van der Waals surface area contributed by atoms with Crippen molar-refractivity contribution in [1.29, 1.82) is 0 Å². The largest absolute Gasteiger partial charge is 0.339 e. The normalized spacial score (nSPS) is 15.7. The van der Waals surface area contributed by atoms with Gasteiger partial charge in [-0.2, -0.15) is 0 Å². The maximum atomic E-state index is 12.2. The molecule has 5 heteroatoms. The van der Waals surface area contributed by atoms with E-state index >= 15 is 0 Å². The second-order valence-corrected chi connectivity index (χ2v) is 5.22. The SMILES string of the molecule is CC(=O)N1CCN(C(=O)c2cccc(Br)c2)CC1. The fraction of sp³-hybridized carbons (Fsp3) is 0.385. The molecule has 1 saturated heterocycles. The number of carbonyl (C=O) groups excluding carboxylic acids is 2. The summed E-state index contributed by atoms with van der Waals surface area (Å²) < 4.78 is 0.899. The molecule has 4 nitrogen and oxygen atoms in total. The highest BCUT2D eigenvalue weighted by Gasteiger charge is 2.23. The van der Waals surface area contributed by atoms with Crippen molar-refractivity contribution in [3.63, 3.8) is 0 Å². The van der Waals surface area contributed by atoms with Crippen molar-refractivity contribution in [3.05, 3.63) is 34.3 Å². The van der Waals surface area contributed by atoms with Gasteiger partial charge < -0.3 is 9.80 Å². The number of nitrogens with zero attached hydrogens (tertiary/aromatic N) is 2. The van der Waals surface area contributed by atoms with Crippen LogP contribution in [0.1, 0.15) is 17.3 Å². The first kappa shape index (κ1) is 13.1. The van der Waals surface area contributed by atoms with Gasteiger partial charge in [-0.3, -0.25) is 9.59 Å². The molecule has 0 unspecified atom stereocenters. The van der Waals surface area contributed by atoms with Gasteiger partial charge in [0.05, 0.1) is 0 Å². The first-order valence-corrected chi connectivity index (χ1v) is 6.67. The van der Waals surface area contributed by atoms with Gasteiger partial charge in [0, 0.05) is 43.1 Å². The van der Waals surface area contributed by atoms with Crippen LogP contribution in [0.5, 0.6) is 0 Å². The van der Waals surface area contributed by atoms with Crippen LogP contribution >= 0.6 is 15.9 Å². The Hall–Kier alpha value is -1.36. The summed E-state index contributed by atoms with van der Waals surface area (Å²) in [5.41, 5.74) is 0.681. The number of carbonyl (C=O) groups is 2. The van der Waals surface area contributed by atoms with Crippen LogP contribution in [0.2, 0.25) is 0 Å². The van der Waals surface area contributed by atoms with Gasteiger partial charge in [0.1, 0.15) is 0 Å². The fourth-order valence-electron chi connectivity index (χ4n) is 2.03. The number of hydrogen-bond donors (Lipinski definition) is 0. The molecule has 1 aliphatic rings. The van der Waals surface area contributed by atoms with Crippen molar-refractivity contribution in [2.45, 2.75) is 6.92 Å². The number of amides is 2. The minimum Gasteiger partial charge on any atom is -0.339 e. The molecule has 2 amide bonds. The zero-order valence-corrected chi connectivity index (χ0v) is 11.8. The highest BCUT2D eigenvalue weighted by molar-refractivity contribution is 9.10. The predicted octanol–water partition coefficient (Wildman–Crippen LogP) is 1.75. The molecule has 0 aromatic heterocycles. The van der Waals surface area contributed by atoms with Gasteiger partial charge in [0.15, 0.2) is 0 Å². The monoisotopic (exact) mass is 310 g/mol. The summed E-state index contributed by atoms with van der Waals surface area (Å²) in [4.78, 5) is 27.0. The van der Waals surface area contributed by atoms with Crippen LogP contribution < -0.4 is 0 Å². The molecule has 1 aromatic carbocycles. The third kappa shape index (κ3) is 2.90. The van der Waals surface area contributed by atoms with Gasteiger partial charge >= 0.3 is 0 Å². The van der Waals surface area contributed by atoms with E-state index in [1.807, 2.05) is 24.3 Å². The van der Waals surface area contributed by atoms with Gasteiger partial charge in [-0.15, -0.1) is 0 Å². The molecule has 0 radical (unpaired) electrons. The van der Waals surface area contributed by atoms with Crippen molar-refractivity contribution in [2.75, 3.05) is 26.2 Å². The maximum absolute atomic E-state index is 12.2. The average molecular weight is 311 g/mol. The Morgan fingerprint density at radius 2 is 1.72 bits per heavy atom. The third-order valence-electron chi connectivity index (χ3n) is 3.08. The van der Waals surface area contributed by atoms with E-state index in [-0.39, 0.29) is 11.8 Å². The number of halogens is 1. The molecule has 0 aliphatic carbocycles. The molecule has 0 N–H and O–H groups in total. The highest BCUT2D eigenvalue weighted by Crippen LogP contribution is 2.14. The maximum Gasteiger partial charge on any atom is 0.254 e. The zero-order valence-electron chi connectivity index (χ0n) is 10.2. The molecule has 1 aromatic rings. The molecule has 0 saturated carbocycles. The second-order valence-electron chi connectivity index (χ2n) is 4.31. The van der Waals surface area contributed by atoms with Crippen molar-refractivity contribution in [3.8, 4) is 0 Å². The first-order valence-electron chi connectivity index (χ1n) is 5.88. The van der Waals surface area contributed by atoms with E-state index in [2.05, 4.69) is 15.9 Å². The zero-order chi connectivity index (χ0) is 13.1. The Kier molecular flexibility index (Phi) is 4.01. The average Bonchev–Trinajstić information content (AvgIpc) is 2.38. The van der Waals surface area contributed by atoms with Crippen LogP contribution in [0.4, 0.5) is 0 Å². The van der Waals surface area contributed by atoms with E-state index in [1.165, 1.54) is 0 Å². The number of hydrogen-bond acceptors (Lipinski definition) is 2. The Morgan fingerprint density at radius 1 is 1.11 bits per heavy atom. The van der Waals surface area contributed by atoms with Crippen LogP contribution in [0.25, 0.3) is 0 Å². The van der Waals surface area contributed by atoms with Crippen LogP contribution in [0.15, 0.2) is 28.7 Å². The van der Waals surface area contributed by atoms with E-state index in [1.54, 1.807) is 16.7 Å². The fourth-order valence-corrected chi connectivity index (χ4v) is 2.43. The standard InChI is InChI=1S/C13H15BrN2O2/c1-10(17)15-5-7-16(8-6-15)13(18)11-3-2-4-12(14)9-11/h2-4,9H,5-8H2,1H3. The van der Waals surface area contributed by atoms with Crippen LogP contribution in [0, 0.1) is 0 Å². The van der Waals surface area contributed by atoms with E-state index < -0.39 is 0 Å². The Balaban J connectivity index is 2.02. The van der Waals surface area contributed by atoms with Crippen LogP contribution in [0.3, 0.4) is 0 Å². The van der Waals surface area contributed by atoms with Crippen molar-refractivity contribution < 1.29 is 9.59 Å². The smallest absolute Gasteiger partial charge is 0.254 e. The highest BCUT2D eigenvalue weighted by atomic mass is 79.9. The topological polar surface area (TPSA) is 40.6 Å². The quantitative estimate of drug-likeness (QED) is 0.793. The molecular formula is C13H15BrN2O2. The van der Waals surface area contributed by atoms with Crippen LogP contribution in [-0.2, 0) is 4.79 Å². The summed E-state index contributed by atoms with van der Waals surface area (Å²) in [6.07, 6.45) is 0. The number of rotatable bonds is 1. The minimum absolute atomic E-state index is 0.0273. The molecule has 0 atom stereocenters. The van der Waals surface area contributed by atoms with Crippen LogP contribution in [-0.4, -0.2) is 47.8 Å². The molecule has 0 bridgehead atoms. The molecule has 1 heterocycles. The van der Waals surface area contributed by atoms with Crippen molar-refractivity contribution >= 4 is 27.7 Å². The summed E-state index contributed by atoms with van der Waals surface area (Å²) in [6, 6.07) is 7.37. The summed E-state index contributed by atoms with van der Waals surface area (Å²) in [5, 5.41) is 0. The molecule has 1 fully saturated rings. The Labute approximate surface area is 115 Å². The summed E-state index contributed by atoms with van der Waals surface area (Å²) in [6.45, 7) is 4.01. The van der Waals surface area contributed by atoms with Gasteiger partial charge in [-0.25, -0.2) is 0 Å². The molecule has 1 aliphatic heterocycles. The van der Waals surface area contributed by atoms with Gasteiger partial charge in [-0.1, -0.05) is 22.0 Å². The second kappa shape index (κ2) is 5.52. The molecule has 18 heavy (non-hydrogen) atoms. The number of piperazine rings is 1. The van der Waals surface area contributed by atoms with E-state index in [0.717, 1.165) is 4.47 Å². The van der Waals surface area contributed by atoms with Crippen molar-refractivity contribution in [1.82, 2.24) is 9.80 Å². The predicted molar refractivity (Wildman–Crippen MR) is 72.3 cm³/mol. The lowest BCUT2D eigenvalue weighted by molar-refractivity contribution is -0.130. The van der Waals surface area contributed by atoms with E-state index in [4.69, 9.17) is 0 Å². The third-order valence-corrected chi connectivity index (χ3v) is 3.58. The Bertz CT molecular complexity index is 468. The molecule has 96 valence electrons. The summed E-state index contributed by atoms with van der Waals surface area (Å²) >= 11 is 3.36. The lowest BCUT2D eigenvalue weighted by Crippen LogP contribution is -2.50. The molecule has 0 spiro atoms. The minimum atomic E-state index is 0.0273. The molecule has 2 rings (SSSR count). The number of benzene rings is 1. The van der Waals surface area contributed by atoms with E-state index in [9.17, 15) is 9.59 Å². The lowest BCUT2D eigenvalue weighted by atomic mass is 10.2. The van der Waals surface area contributed by atoms with Gasteiger partial charge in [0.2, 0.25) is 5.91 Å². The molecular weight excluding hydrogens is 296 g/mol. The van der Waals surface area contributed by atoms with E-state index in [0.29, 0.717) is 31.7 Å². The lowest BCUT2D eigenvalue weighted by Gasteiger charge is -2.34. The Morgan fingerprint density at radius 3 is 2.28 bits per heavy atom. The summed E-state index contributed by atoms with van der Waals surface area (Å²) in [7, 11) is 0. The summed E-state index contributed by atoms with van der Waals surface area (Å²) in [5.74, 6) is 0.101. The van der Waals surface area contributed by atoms with Gasteiger partial charge in [0.25, 0.3) is 5.91 Å². The van der Waals surface area contributed by atoms with Crippen molar-refractivity contribution in [2.24, 2.45) is 0 Å². The first-order chi connectivity index (χ1) is 8.58.